The molecule has 0 bridgehead atoms. The molecule has 0 spiro atoms. The molecule has 0 saturated carbocycles. The SMILES string of the molecule is CC1(C)c2ccc(-c3ccc4ccccc4c3)cc2-c2ccc(Br)cc21. The van der Waals surface area contributed by atoms with Crippen LogP contribution in [0.3, 0.4) is 0 Å². The number of halogens is 1. The first-order valence-corrected chi connectivity index (χ1v) is 9.77. The fourth-order valence-electron chi connectivity index (χ4n) is 4.27. The van der Waals surface area contributed by atoms with Gasteiger partial charge < -0.3 is 0 Å². The van der Waals surface area contributed by atoms with E-state index in [-0.39, 0.29) is 5.41 Å². The summed E-state index contributed by atoms with van der Waals surface area (Å²) >= 11 is 3.64. The molecule has 4 aromatic rings. The van der Waals surface area contributed by atoms with Crippen molar-refractivity contribution in [3.8, 4) is 22.3 Å². The third-order valence-electron chi connectivity index (χ3n) is 5.72. The van der Waals surface area contributed by atoms with Crippen molar-refractivity contribution in [3.05, 3.63) is 94.5 Å². The summed E-state index contributed by atoms with van der Waals surface area (Å²) in [7, 11) is 0. The van der Waals surface area contributed by atoms with Crippen LogP contribution in [0.15, 0.2) is 83.3 Å². The molecule has 0 radical (unpaired) electrons. The summed E-state index contributed by atoms with van der Waals surface area (Å²) in [5.74, 6) is 0. The second-order valence-electron chi connectivity index (χ2n) is 7.64. The summed E-state index contributed by atoms with van der Waals surface area (Å²) in [5, 5.41) is 2.57. The molecule has 26 heavy (non-hydrogen) atoms. The number of hydrogen-bond acceptors (Lipinski definition) is 0. The Labute approximate surface area is 162 Å². The number of fused-ring (bicyclic) bond motifs is 4. The van der Waals surface area contributed by atoms with Crippen LogP contribution in [0.25, 0.3) is 33.0 Å². The lowest BCUT2D eigenvalue weighted by Crippen LogP contribution is -2.14. The van der Waals surface area contributed by atoms with E-state index in [1.807, 2.05) is 0 Å². The maximum atomic E-state index is 3.64. The van der Waals surface area contributed by atoms with Gasteiger partial charge in [-0.05, 0) is 68.4 Å². The molecular formula is C25H19Br. The third-order valence-corrected chi connectivity index (χ3v) is 6.21. The molecule has 126 valence electrons. The van der Waals surface area contributed by atoms with Gasteiger partial charge in [0, 0.05) is 9.89 Å². The Morgan fingerprint density at radius 1 is 0.615 bits per heavy atom. The molecular weight excluding hydrogens is 380 g/mol. The van der Waals surface area contributed by atoms with Crippen molar-refractivity contribution in [3.63, 3.8) is 0 Å². The fourth-order valence-corrected chi connectivity index (χ4v) is 4.64. The molecule has 0 saturated heterocycles. The molecule has 0 heterocycles. The molecule has 4 aromatic carbocycles. The van der Waals surface area contributed by atoms with Crippen molar-refractivity contribution in [2.24, 2.45) is 0 Å². The van der Waals surface area contributed by atoms with E-state index in [0.717, 1.165) is 4.47 Å². The monoisotopic (exact) mass is 398 g/mol. The standard InChI is InChI=1S/C25H19Br/c1-25(2)23-12-9-19(14-22(23)21-11-10-20(26)15-24(21)25)18-8-7-16-5-3-4-6-17(16)13-18/h3-15H,1-2H3. The summed E-state index contributed by atoms with van der Waals surface area (Å²) in [4.78, 5) is 0. The van der Waals surface area contributed by atoms with E-state index in [1.165, 1.54) is 44.2 Å². The molecule has 1 aliphatic rings. The van der Waals surface area contributed by atoms with E-state index in [0.29, 0.717) is 0 Å². The molecule has 5 rings (SSSR count). The zero-order valence-electron chi connectivity index (χ0n) is 14.9. The van der Waals surface area contributed by atoms with Crippen LogP contribution in [0, 0.1) is 0 Å². The lowest BCUT2D eigenvalue weighted by Gasteiger charge is -2.21. The average Bonchev–Trinajstić information content (AvgIpc) is 2.88. The summed E-state index contributed by atoms with van der Waals surface area (Å²) in [6.07, 6.45) is 0. The number of rotatable bonds is 1. The molecule has 0 amide bonds. The predicted octanol–water partition coefficient (Wildman–Crippen LogP) is 7.58. The predicted molar refractivity (Wildman–Crippen MR) is 115 cm³/mol. The van der Waals surface area contributed by atoms with Crippen LogP contribution < -0.4 is 0 Å². The Hall–Kier alpha value is -2.38. The maximum Gasteiger partial charge on any atom is 0.0178 e. The maximum absolute atomic E-state index is 3.64. The Morgan fingerprint density at radius 3 is 2.19 bits per heavy atom. The second kappa shape index (κ2) is 5.56. The van der Waals surface area contributed by atoms with Gasteiger partial charge in [-0.1, -0.05) is 84.4 Å². The van der Waals surface area contributed by atoms with Crippen molar-refractivity contribution in [2.45, 2.75) is 19.3 Å². The zero-order valence-corrected chi connectivity index (χ0v) is 16.5. The van der Waals surface area contributed by atoms with Gasteiger partial charge in [-0.3, -0.25) is 0 Å². The quantitative estimate of drug-likeness (QED) is 0.310. The summed E-state index contributed by atoms with van der Waals surface area (Å²) in [6.45, 7) is 4.64. The van der Waals surface area contributed by atoms with Gasteiger partial charge >= 0.3 is 0 Å². The average molecular weight is 399 g/mol. The van der Waals surface area contributed by atoms with Crippen molar-refractivity contribution in [1.29, 1.82) is 0 Å². The molecule has 0 N–H and O–H groups in total. The molecule has 0 atom stereocenters. The first kappa shape index (κ1) is 15.8. The van der Waals surface area contributed by atoms with E-state index in [1.54, 1.807) is 0 Å². The summed E-state index contributed by atoms with van der Waals surface area (Å²) in [5.41, 5.74) is 8.12. The first-order valence-electron chi connectivity index (χ1n) is 8.98. The fraction of sp³-hybridized carbons (Fsp3) is 0.120. The van der Waals surface area contributed by atoms with Crippen LogP contribution in [-0.2, 0) is 5.41 Å². The van der Waals surface area contributed by atoms with E-state index < -0.39 is 0 Å². The van der Waals surface area contributed by atoms with E-state index in [2.05, 4.69) is 109 Å². The van der Waals surface area contributed by atoms with Crippen LogP contribution in [0.2, 0.25) is 0 Å². The highest BCUT2D eigenvalue weighted by atomic mass is 79.9. The molecule has 1 aliphatic carbocycles. The minimum Gasteiger partial charge on any atom is -0.0616 e. The van der Waals surface area contributed by atoms with Crippen LogP contribution in [0.4, 0.5) is 0 Å². The highest BCUT2D eigenvalue weighted by molar-refractivity contribution is 9.10. The lowest BCUT2D eigenvalue weighted by atomic mass is 9.82. The Bertz CT molecular complexity index is 1170. The van der Waals surface area contributed by atoms with E-state index in [4.69, 9.17) is 0 Å². The highest BCUT2D eigenvalue weighted by Gasteiger charge is 2.35. The van der Waals surface area contributed by atoms with Crippen LogP contribution in [0.5, 0.6) is 0 Å². The molecule has 0 aliphatic heterocycles. The van der Waals surface area contributed by atoms with Gasteiger partial charge in [0.2, 0.25) is 0 Å². The Morgan fingerprint density at radius 2 is 1.35 bits per heavy atom. The van der Waals surface area contributed by atoms with Crippen molar-refractivity contribution >= 4 is 26.7 Å². The van der Waals surface area contributed by atoms with Crippen LogP contribution >= 0.6 is 15.9 Å². The lowest BCUT2D eigenvalue weighted by molar-refractivity contribution is 0.660. The number of hydrogen-bond donors (Lipinski definition) is 0. The van der Waals surface area contributed by atoms with Gasteiger partial charge in [-0.15, -0.1) is 0 Å². The summed E-state index contributed by atoms with van der Waals surface area (Å²) in [6, 6.07) is 28.9. The topological polar surface area (TPSA) is 0 Å². The van der Waals surface area contributed by atoms with E-state index in [9.17, 15) is 0 Å². The molecule has 1 heteroatoms. The van der Waals surface area contributed by atoms with Gasteiger partial charge in [-0.25, -0.2) is 0 Å². The first-order chi connectivity index (χ1) is 12.5. The van der Waals surface area contributed by atoms with Gasteiger partial charge in [0.1, 0.15) is 0 Å². The number of benzene rings is 4. The van der Waals surface area contributed by atoms with Gasteiger partial charge in [-0.2, -0.15) is 0 Å². The van der Waals surface area contributed by atoms with Crippen molar-refractivity contribution < 1.29 is 0 Å². The van der Waals surface area contributed by atoms with Gasteiger partial charge in [0.25, 0.3) is 0 Å². The largest absolute Gasteiger partial charge is 0.0616 e. The minimum atomic E-state index is 0.0381. The van der Waals surface area contributed by atoms with Crippen molar-refractivity contribution in [1.82, 2.24) is 0 Å². The van der Waals surface area contributed by atoms with Gasteiger partial charge in [0.15, 0.2) is 0 Å². The molecule has 0 nitrogen and oxygen atoms in total. The Balaban J connectivity index is 1.71. The summed E-state index contributed by atoms with van der Waals surface area (Å²) < 4.78 is 1.15. The molecule has 0 aromatic heterocycles. The van der Waals surface area contributed by atoms with Crippen LogP contribution in [-0.4, -0.2) is 0 Å². The Kier molecular flexibility index (Phi) is 3.39. The van der Waals surface area contributed by atoms with E-state index >= 15 is 0 Å². The highest BCUT2D eigenvalue weighted by Crippen LogP contribution is 2.50. The van der Waals surface area contributed by atoms with Gasteiger partial charge in [0.05, 0.1) is 0 Å². The van der Waals surface area contributed by atoms with Crippen molar-refractivity contribution in [2.75, 3.05) is 0 Å². The third kappa shape index (κ3) is 2.27. The zero-order chi connectivity index (χ0) is 17.9. The minimum absolute atomic E-state index is 0.0381. The van der Waals surface area contributed by atoms with Crippen LogP contribution in [0.1, 0.15) is 25.0 Å². The molecule has 0 unspecified atom stereocenters. The smallest absolute Gasteiger partial charge is 0.0178 e. The molecule has 0 fully saturated rings. The normalized spacial score (nSPS) is 14.3. The second-order valence-corrected chi connectivity index (χ2v) is 8.55.